The highest BCUT2D eigenvalue weighted by Gasteiger charge is 2.36. The van der Waals surface area contributed by atoms with Crippen molar-refractivity contribution in [2.75, 3.05) is 11.9 Å². The van der Waals surface area contributed by atoms with Crippen LogP contribution in [0, 0.1) is 0 Å². The fraction of sp³-hybridized carbons (Fsp3) is 0.136. The zero-order chi connectivity index (χ0) is 24.7. The minimum absolute atomic E-state index is 0.0689. The van der Waals surface area contributed by atoms with Crippen LogP contribution in [0.2, 0.25) is 0 Å². The maximum absolute atomic E-state index is 13.7. The normalized spacial score (nSPS) is 12.1. The summed E-state index contributed by atoms with van der Waals surface area (Å²) in [5, 5.41) is 3.83. The summed E-state index contributed by atoms with van der Waals surface area (Å²) in [5.74, 6) is -0.985. The Bertz CT molecular complexity index is 1340. The summed E-state index contributed by atoms with van der Waals surface area (Å²) < 4.78 is 71.5. The first kappa shape index (κ1) is 23.4. The average Bonchev–Trinajstić information content (AvgIpc) is 3.21. The van der Waals surface area contributed by atoms with Crippen LogP contribution in [0.3, 0.4) is 0 Å². The van der Waals surface area contributed by atoms with Crippen LogP contribution >= 0.6 is 11.6 Å². The van der Waals surface area contributed by atoms with Crippen LogP contribution in [0.1, 0.15) is 16.2 Å². The molecule has 34 heavy (non-hydrogen) atoms. The zero-order valence-electron chi connectivity index (χ0n) is 17.2. The molecule has 0 aliphatic rings. The molecule has 0 aliphatic carbocycles. The van der Waals surface area contributed by atoms with E-state index in [1.165, 1.54) is 19.2 Å². The Labute approximate surface area is 194 Å². The molecule has 0 unspecified atom stereocenters. The molecule has 0 spiro atoms. The quantitative estimate of drug-likeness (QED) is 0.256. The minimum atomic E-state index is -4.76. The zero-order valence-corrected chi connectivity index (χ0v) is 18.0. The molecule has 12 heteroatoms. The number of halogens is 6. The topological polar surface area (TPSA) is 59.7 Å². The summed E-state index contributed by atoms with van der Waals surface area (Å²) in [5.41, 5.74) is -4.67. The highest BCUT2D eigenvalue weighted by atomic mass is 35.5. The molecular weight excluding hydrogens is 483 g/mol. The number of ether oxygens (including phenoxy) is 1. The molecule has 4 aromatic rings. The monoisotopic (exact) mass is 496 g/mol. The standard InChI is InChI=1S/C22H14ClF5N4O2/c1-31(14-7-9-15(10-8-14)34-22(23,27)28)20(33)17-12-19-29-16(13-5-3-2-4-6-13)11-18(21(24,25)26)32(19)30-17/h2-12H,1H3. The Kier molecular flexibility index (Phi) is 5.90. The van der Waals surface area contributed by atoms with Crippen LogP contribution in [0.15, 0.2) is 66.7 Å². The van der Waals surface area contributed by atoms with Gasteiger partial charge in [0.05, 0.1) is 5.69 Å². The molecule has 0 atom stereocenters. The smallest absolute Gasteiger partial charge is 0.420 e. The first-order chi connectivity index (χ1) is 15.9. The van der Waals surface area contributed by atoms with Crippen molar-refractivity contribution >= 4 is 28.8 Å². The number of alkyl halides is 6. The van der Waals surface area contributed by atoms with Crippen LogP contribution in [-0.2, 0) is 6.18 Å². The number of benzene rings is 2. The highest BCUT2D eigenvalue weighted by Crippen LogP contribution is 2.33. The molecule has 0 aliphatic heterocycles. The van der Waals surface area contributed by atoms with Gasteiger partial charge in [0.25, 0.3) is 5.91 Å². The van der Waals surface area contributed by atoms with E-state index in [4.69, 9.17) is 11.6 Å². The van der Waals surface area contributed by atoms with Gasteiger partial charge < -0.3 is 9.64 Å². The van der Waals surface area contributed by atoms with Crippen LogP contribution in [0.5, 0.6) is 5.75 Å². The van der Waals surface area contributed by atoms with Crippen molar-refractivity contribution in [3.63, 3.8) is 0 Å². The third-order valence-corrected chi connectivity index (χ3v) is 4.85. The summed E-state index contributed by atoms with van der Waals surface area (Å²) in [6, 6.07) is 15.2. The molecule has 0 radical (unpaired) electrons. The van der Waals surface area contributed by atoms with E-state index in [-0.39, 0.29) is 28.5 Å². The Morgan fingerprint density at radius 2 is 1.65 bits per heavy atom. The van der Waals surface area contributed by atoms with E-state index in [1.54, 1.807) is 30.3 Å². The number of amides is 1. The van der Waals surface area contributed by atoms with E-state index in [0.29, 0.717) is 10.1 Å². The van der Waals surface area contributed by atoms with E-state index in [1.807, 2.05) is 0 Å². The molecule has 0 saturated carbocycles. The molecule has 2 aromatic heterocycles. The van der Waals surface area contributed by atoms with Crippen molar-refractivity contribution in [1.29, 1.82) is 0 Å². The Balaban J connectivity index is 1.70. The Hall–Kier alpha value is -3.73. The highest BCUT2D eigenvalue weighted by molar-refractivity contribution is 6.20. The van der Waals surface area contributed by atoms with Crippen molar-refractivity contribution in [3.05, 3.63) is 78.1 Å². The lowest BCUT2D eigenvalue weighted by molar-refractivity contribution is -0.142. The van der Waals surface area contributed by atoms with Gasteiger partial charge in [0, 0.05) is 36.0 Å². The van der Waals surface area contributed by atoms with Crippen LogP contribution < -0.4 is 9.64 Å². The first-order valence-corrected chi connectivity index (χ1v) is 9.97. The number of aromatic nitrogens is 3. The van der Waals surface area contributed by atoms with Crippen molar-refractivity contribution in [2.45, 2.75) is 11.7 Å². The van der Waals surface area contributed by atoms with Gasteiger partial charge in [-0.3, -0.25) is 4.79 Å². The van der Waals surface area contributed by atoms with Crippen molar-refractivity contribution in [3.8, 4) is 17.0 Å². The van der Waals surface area contributed by atoms with Crippen LogP contribution in [-0.4, -0.2) is 33.1 Å². The summed E-state index contributed by atoms with van der Waals surface area (Å²) in [6.45, 7) is 0. The fourth-order valence-corrected chi connectivity index (χ4v) is 3.29. The van der Waals surface area contributed by atoms with Gasteiger partial charge in [-0.05, 0) is 30.3 Å². The minimum Gasteiger partial charge on any atom is -0.420 e. The number of carbonyl (C=O) groups excluding carboxylic acids is 1. The molecule has 0 bridgehead atoms. The van der Waals surface area contributed by atoms with Crippen LogP contribution in [0.4, 0.5) is 27.6 Å². The lowest BCUT2D eigenvalue weighted by Crippen LogP contribution is -2.26. The molecule has 0 fully saturated rings. The molecule has 0 saturated heterocycles. The number of carbonyl (C=O) groups is 1. The van der Waals surface area contributed by atoms with Crippen molar-refractivity contribution in [2.24, 2.45) is 0 Å². The summed E-state index contributed by atoms with van der Waals surface area (Å²) in [6.07, 6.45) is -4.76. The van der Waals surface area contributed by atoms with Crippen LogP contribution in [0.25, 0.3) is 16.9 Å². The second kappa shape index (κ2) is 8.56. The Morgan fingerprint density at radius 1 is 1.00 bits per heavy atom. The third-order valence-electron chi connectivity index (χ3n) is 4.77. The largest absolute Gasteiger partial charge is 0.487 e. The predicted molar refractivity (Wildman–Crippen MR) is 114 cm³/mol. The Morgan fingerprint density at radius 3 is 2.24 bits per heavy atom. The molecule has 6 nitrogen and oxygen atoms in total. The molecule has 1 amide bonds. The second-order valence-corrected chi connectivity index (χ2v) is 7.54. The first-order valence-electron chi connectivity index (χ1n) is 9.60. The molecule has 2 aromatic carbocycles. The van der Waals surface area contributed by atoms with Gasteiger partial charge in [-0.15, -0.1) is 8.78 Å². The molecule has 2 heterocycles. The fourth-order valence-electron chi connectivity index (χ4n) is 3.20. The number of fused-ring (bicyclic) bond motifs is 1. The SMILES string of the molecule is CN(C(=O)c1cc2nc(-c3ccccc3)cc(C(F)(F)F)n2n1)c1ccc(OC(F)(F)Cl)cc1. The predicted octanol–water partition coefficient (Wildman–Crippen LogP) is 5.86. The van der Waals surface area contributed by atoms with Gasteiger partial charge in [-0.25, -0.2) is 9.50 Å². The van der Waals surface area contributed by atoms with E-state index in [9.17, 15) is 26.7 Å². The number of anilines is 1. The van der Waals surface area contributed by atoms with Crippen molar-refractivity contribution < 1.29 is 31.5 Å². The van der Waals surface area contributed by atoms with E-state index < -0.39 is 23.3 Å². The average molecular weight is 497 g/mol. The number of hydrogen-bond acceptors (Lipinski definition) is 4. The molecular formula is C22H14ClF5N4O2. The van der Waals surface area contributed by atoms with E-state index >= 15 is 0 Å². The molecule has 0 N–H and O–H groups in total. The molecule has 4 rings (SSSR count). The maximum atomic E-state index is 13.7. The number of rotatable bonds is 5. The van der Waals surface area contributed by atoms with Gasteiger partial charge in [0.15, 0.2) is 17.0 Å². The summed E-state index contributed by atoms with van der Waals surface area (Å²) >= 11 is 4.72. The lowest BCUT2D eigenvalue weighted by atomic mass is 10.1. The maximum Gasteiger partial charge on any atom is 0.487 e. The summed E-state index contributed by atoms with van der Waals surface area (Å²) in [4.78, 5) is 18.2. The summed E-state index contributed by atoms with van der Waals surface area (Å²) in [7, 11) is 1.35. The van der Waals surface area contributed by atoms with E-state index in [2.05, 4.69) is 14.8 Å². The van der Waals surface area contributed by atoms with Crippen molar-refractivity contribution in [1.82, 2.24) is 14.6 Å². The molecule has 176 valence electrons. The number of nitrogens with zero attached hydrogens (tertiary/aromatic N) is 4. The van der Waals surface area contributed by atoms with Gasteiger partial charge in [0.1, 0.15) is 5.75 Å². The lowest BCUT2D eigenvalue weighted by Gasteiger charge is -2.17. The van der Waals surface area contributed by atoms with Gasteiger partial charge in [-0.1, -0.05) is 30.3 Å². The van der Waals surface area contributed by atoms with Gasteiger partial charge in [-0.2, -0.15) is 18.3 Å². The second-order valence-electron chi connectivity index (χ2n) is 7.10. The van der Waals surface area contributed by atoms with Gasteiger partial charge >= 0.3 is 11.7 Å². The van der Waals surface area contributed by atoms with Gasteiger partial charge in [0.2, 0.25) is 0 Å². The number of hydrogen-bond donors (Lipinski definition) is 0. The third kappa shape index (κ3) is 4.93. The van der Waals surface area contributed by atoms with E-state index in [0.717, 1.165) is 29.2 Å².